The first-order chi connectivity index (χ1) is 14.2. The summed E-state index contributed by atoms with van der Waals surface area (Å²) in [6, 6.07) is 10.3. The third kappa shape index (κ3) is 20.2. The Hall–Kier alpha value is 1.11. The molecule has 0 unspecified atom stereocenters. The summed E-state index contributed by atoms with van der Waals surface area (Å²) in [7, 11) is 0. The molecule has 2 nitrogen and oxygen atoms in total. The Morgan fingerprint density at radius 2 is 1.06 bits per heavy atom. The van der Waals surface area contributed by atoms with Gasteiger partial charge in [-0.25, -0.2) is 0 Å². The van der Waals surface area contributed by atoms with Gasteiger partial charge in [-0.3, -0.25) is 0 Å². The minimum absolute atomic E-state index is 0. The molecule has 0 heterocycles. The van der Waals surface area contributed by atoms with Crippen LogP contribution in [0.5, 0.6) is 0 Å². The van der Waals surface area contributed by atoms with E-state index in [1.165, 1.54) is 77.0 Å². The van der Waals surface area contributed by atoms with Gasteiger partial charge in [-0.2, -0.15) is 0 Å². The molecule has 0 N–H and O–H groups in total. The fourth-order valence-corrected chi connectivity index (χ4v) is 7.72. The molecule has 0 atom stereocenters. The van der Waals surface area contributed by atoms with E-state index >= 15 is 0 Å². The van der Waals surface area contributed by atoms with E-state index in [0.29, 0.717) is 0 Å². The van der Waals surface area contributed by atoms with Gasteiger partial charge >= 0.3 is 19.5 Å². The van der Waals surface area contributed by atoms with Crippen LogP contribution >= 0.6 is 17.1 Å². The molecule has 0 fully saturated rings. The van der Waals surface area contributed by atoms with Gasteiger partial charge in [0.2, 0.25) is 0 Å². The molecule has 0 bridgehead atoms. The molecule has 0 saturated carbocycles. The van der Waals surface area contributed by atoms with Gasteiger partial charge < -0.3 is 22.5 Å². The maximum Gasteiger partial charge on any atom is 2.00 e. The average Bonchev–Trinajstić information content (AvgIpc) is 2.73. The first kappa shape index (κ1) is 34.3. The van der Waals surface area contributed by atoms with Gasteiger partial charge in [0.05, 0.1) is 13.2 Å². The second-order valence-electron chi connectivity index (χ2n) is 7.76. The van der Waals surface area contributed by atoms with E-state index in [1.807, 2.05) is 6.07 Å². The summed E-state index contributed by atoms with van der Waals surface area (Å²) in [5, 5.41) is 0. The van der Waals surface area contributed by atoms with Gasteiger partial charge in [0.25, 0.3) is 5.69 Å². The molecular weight excluding hydrogens is 513 g/mol. The Balaban J connectivity index is 0. The van der Waals surface area contributed by atoms with Crippen LogP contribution < -0.4 is 0 Å². The van der Waals surface area contributed by atoms with Crippen molar-refractivity contribution in [2.45, 2.75) is 109 Å². The number of hydrogen-bond acceptors (Lipinski definition) is 4. The molecular formula is C24H43O2PS3Zn. The van der Waals surface area contributed by atoms with E-state index < -0.39 is 5.69 Å². The standard InChI is InChI=1S/C24H43O2PS2.S.Zn/c1-3-5-7-9-11-13-18-22-25-27(28,29-24-20-16-15-17-21-24)26-23-19-14-12-10-8-6-4-2;;/h15-17,20-21H,3-14,18-19,22-23H2,1-2H3;;/q;-2;+2. The van der Waals surface area contributed by atoms with Gasteiger partial charge in [0.15, 0.2) is 0 Å². The first-order valence-electron chi connectivity index (χ1n) is 11.8. The van der Waals surface area contributed by atoms with Crippen LogP contribution in [0.15, 0.2) is 35.2 Å². The van der Waals surface area contributed by atoms with Crippen molar-refractivity contribution in [1.29, 1.82) is 0 Å². The predicted octanol–water partition coefficient (Wildman–Crippen LogP) is 9.53. The van der Waals surface area contributed by atoms with E-state index in [-0.39, 0.29) is 33.0 Å². The zero-order valence-corrected chi connectivity index (χ0v) is 26.2. The van der Waals surface area contributed by atoms with Gasteiger partial charge in [-0.05, 0) is 48.2 Å². The second kappa shape index (κ2) is 24.2. The maximum absolute atomic E-state index is 6.19. The van der Waals surface area contributed by atoms with Crippen molar-refractivity contribution in [2.24, 2.45) is 0 Å². The van der Waals surface area contributed by atoms with Gasteiger partial charge in [-0.1, -0.05) is 109 Å². The zero-order valence-electron chi connectivity index (χ0n) is 19.9. The van der Waals surface area contributed by atoms with Crippen LogP contribution in [0.25, 0.3) is 0 Å². The average molecular weight is 556 g/mol. The summed E-state index contributed by atoms with van der Waals surface area (Å²) >= 11 is 7.51. The quantitative estimate of drug-likeness (QED) is 0.0905. The predicted molar refractivity (Wildman–Crippen MR) is 142 cm³/mol. The largest absolute Gasteiger partial charge is 2.00 e. The van der Waals surface area contributed by atoms with Gasteiger partial charge in [0, 0.05) is 4.90 Å². The van der Waals surface area contributed by atoms with Crippen LogP contribution in [0.1, 0.15) is 104 Å². The Kier molecular flexibility index (Phi) is 26.8. The van der Waals surface area contributed by atoms with Gasteiger partial charge in [0.1, 0.15) is 0 Å². The van der Waals surface area contributed by atoms with Crippen LogP contribution in [0, 0.1) is 0 Å². The SMILES string of the molecule is CCCCCCCCCOP(=S)(OCCCCCCCCC)Sc1ccccc1.[S-2].[Zn+2]. The fraction of sp³-hybridized carbons (Fsp3) is 0.750. The van der Waals surface area contributed by atoms with Crippen LogP contribution in [-0.4, -0.2) is 13.2 Å². The summed E-state index contributed by atoms with van der Waals surface area (Å²) in [4.78, 5) is 1.15. The Morgan fingerprint density at radius 1 is 0.677 bits per heavy atom. The number of unbranched alkanes of at least 4 members (excludes halogenated alkanes) is 12. The molecule has 0 aliphatic heterocycles. The van der Waals surface area contributed by atoms with E-state index in [0.717, 1.165) is 31.0 Å². The fourth-order valence-electron chi connectivity index (χ4n) is 3.17. The topological polar surface area (TPSA) is 18.5 Å². The minimum atomic E-state index is -2.32. The molecule has 176 valence electrons. The summed E-state index contributed by atoms with van der Waals surface area (Å²) in [6.07, 6.45) is 18.0. The van der Waals surface area contributed by atoms with Crippen LogP contribution in [0.4, 0.5) is 0 Å². The molecule has 0 aromatic heterocycles. The summed E-state index contributed by atoms with van der Waals surface area (Å²) in [5.74, 6) is 0. The van der Waals surface area contributed by atoms with Gasteiger partial charge in [-0.15, -0.1) is 0 Å². The molecule has 1 rings (SSSR count). The Morgan fingerprint density at radius 3 is 1.48 bits per heavy atom. The molecule has 0 radical (unpaired) electrons. The Labute approximate surface area is 221 Å². The van der Waals surface area contributed by atoms with Crippen molar-refractivity contribution in [3.05, 3.63) is 30.3 Å². The molecule has 0 spiro atoms. The first-order valence-corrected chi connectivity index (χ1v) is 15.9. The Bertz CT molecular complexity index is 511. The monoisotopic (exact) mass is 554 g/mol. The molecule has 0 amide bonds. The van der Waals surface area contributed by atoms with Crippen molar-refractivity contribution in [3.8, 4) is 0 Å². The van der Waals surface area contributed by atoms with Crippen LogP contribution in [-0.2, 0) is 53.8 Å². The third-order valence-corrected chi connectivity index (χ3v) is 9.90. The molecule has 0 saturated heterocycles. The molecule has 1 aromatic carbocycles. The molecule has 7 heteroatoms. The van der Waals surface area contributed by atoms with Crippen molar-refractivity contribution >= 4 is 42.4 Å². The number of hydrogen-bond donors (Lipinski definition) is 0. The van der Waals surface area contributed by atoms with Crippen molar-refractivity contribution in [3.63, 3.8) is 0 Å². The zero-order chi connectivity index (χ0) is 21.0. The van der Waals surface area contributed by atoms with Crippen LogP contribution in [0.3, 0.4) is 0 Å². The normalized spacial score (nSPS) is 11.0. The smallest absolute Gasteiger partial charge is 2.00 e. The van der Waals surface area contributed by atoms with Crippen LogP contribution in [0.2, 0.25) is 0 Å². The molecule has 0 aliphatic rings. The maximum atomic E-state index is 6.19. The molecule has 0 aliphatic carbocycles. The minimum Gasteiger partial charge on any atom is -2.00 e. The third-order valence-electron chi connectivity index (χ3n) is 4.96. The van der Waals surface area contributed by atoms with Crippen molar-refractivity contribution in [2.75, 3.05) is 13.2 Å². The van der Waals surface area contributed by atoms with Crippen molar-refractivity contribution < 1.29 is 28.5 Å². The van der Waals surface area contributed by atoms with E-state index in [1.54, 1.807) is 11.4 Å². The summed E-state index contributed by atoms with van der Waals surface area (Å²) < 4.78 is 12.4. The van der Waals surface area contributed by atoms with Crippen molar-refractivity contribution in [1.82, 2.24) is 0 Å². The molecule has 31 heavy (non-hydrogen) atoms. The van der Waals surface area contributed by atoms with E-state index in [4.69, 9.17) is 20.9 Å². The van der Waals surface area contributed by atoms with E-state index in [9.17, 15) is 0 Å². The summed E-state index contributed by atoms with van der Waals surface area (Å²) in [5.41, 5.74) is -2.32. The molecule has 1 aromatic rings. The number of benzene rings is 1. The van der Waals surface area contributed by atoms with E-state index in [2.05, 4.69) is 38.1 Å². The number of rotatable bonds is 20. The summed E-state index contributed by atoms with van der Waals surface area (Å²) in [6.45, 7) is 5.97. The second-order valence-corrected chi connectivity index (χ2v) is 14.0.